The molecule has 1 heterocycles. The quantitative estimate of drug-likeness (QED) is 0.916. The molecule has 20 heavy (non-hydrogen) atoms. The van der Waals surface area contributed by atoms with Crippen molar-refractivity contribution in [2.75, 3.05) is 18.1 Å². The fraction of sp³-hybridized carbons (Fsp3) is 0.462. The van der Waals surface area contributed by atoms with Gasteiger partial charge in [-0.3, -0.25) is 4.79 Å². The molecule has 7 heteroatoms. The number of carbonyl (C=O) groups is 1. The third-order valence-corrected chi connectivity index (χ3v) is 5.50. The van der Waals surface area contributed by atoms with Crippen LogP contribution in [0.3, 0.4) is 0 Å². The molecule has 0 unspecified atom stereocenters. The van der Waals surface area contributed by atoms with Crippen LogP contribution in [0.1, 0.15) is 12.0 Å². The Bertz CT molecular complexity index is 598. The van der Waals surface area contributed by atoms with E-state index in [0.29, 0.717) is 13.0 Å². The van der Waals surface area contributed by atoms with Gasteiger partial charge in [0.05, 0.1) is 17.9 Å². The van der Waals surface area contributed by atoms with E-state index < -0.39 is 15.7 Å². The minimum atomic E-state index is -2.95. The molecule has 110 valence electrons. The molecule has 1 aromatic rings. The van der Waals surface area contributed by atoms with Crippen molar-refractivity contribution in [2.24, 2.45) is 5.92 Å². The van der Waals surface area contributed by atoms with Gasteiger partial charge in [-0.25, -0.2) is 12.8 Å². The smallest absolute Gasteiger partial charge is 0.224 e. The molecule has 0 aromatic heterocycles. The van der Waals surface area contributed by atoms with Crippen LogP contribution >= 0.6 is 11.6 Å². The Balaban J connectivity index is 1.87. The zero-order valence-corrected chi connectivity index (χ0v) is 12.3. The Morgan fingerprint density at radius 1 is 1.45 bits per heavy atom. The average molecular weight is 320 g/mol. The van der Waals surface area contributed by atoms with Crippen molar-refractivity contribution in [2.45, 2.75) is 12.8 Å². The van der Waals surface area contributed by atoms with Crippen LogP contribution in [0, 0.1) is 11.7 Å². The number of nitrogens with one attached hydrogen (secondary N) is 1. The minimum Gasteiger partial charge on any atom is -0.356 e. The SMILES string of the molecule is O=C(Cc1c(F)cccc1Cl)NC[C@H]1CCS(=O)(=O)C1. The summed E-state index contributed by atoms with van der Waals surface area (Å²) in [5.41, 5.74) is 0.158. The number of rotatable bonds is 4. The highest BCUT2D eigenvalue weighted by molar-refractivity contribution is 7.91. The number of sulfone groups is 1. The highest BCUT2D eigenvalue weighted by Gasteiger charge is 2.28. The van der Waals surface area contributed by atoms with Gasteiger partial charge >= 0.3 is 0 Å². The molecular weight excluding hydrogens is 305 g/mol. The van der Waals surface area contributed by atoms with E-state index in [2.05, 4.69) is 5.32 Å². The number of hydrogen-bond acceptors (Lipinski definition) is 3. The highest BCUT2D eigenvalue weighted by Crippen LogP contribution is 2.20. The maximum Gasteiger partial charge on any atom is 0.224 e. The van der Waals surface area contributed by atoms with E-state index in [4.69, 9.17) is 11.6 Å². The van der Waals surface area contributed by atoms with Crippen molar-refractivity contribution in [3.63, 3.8) is 0 Å². The Morgan fingerprint density at radius 3 is 2.80 bits per heavy atom. The second-order valence-electron chi connectivity index (χ2n) is 4.95. The largest absolute Gasteiger partial charge is 0.356 e. The second-order valence-corrected chi connectivity index (χ2v) is 7.59. The van der Waals surface area contributed by atoms with Crippen molar-refractivity contribution >= 4 is 27.3 Å². The predicted molar refractivity (Wildman–Crippen MR) is 74.9 cm³/mol. The van der Waals surface area contributed by atoms with Crippen molar-refractivity contribution in [3.05, 3.63) is 34.6 Å². The van der Waals surface area contributed by atoms with Crippen molar-refractivity contribution < 1.29 is 17.6 Å². The van der Waals surface area contributed by atoms with Gasteiger partial charge in [0.1, 0.15) is 5.82 Å². The van der Waals surface area contributed by atoms with Gasteiger partial charge in [0, 0.05) is 17.1 Å². The van der Waals surface area contributed by atoms with Gasteiger partial charge in [0.2, 0.25) is 5.91 Å². The molecule has 4 nitrogen and oxygen atoms in total. The summed E-state index contributed by atoms with van der Waals surface area (Å²) < 4.78 is 36.1. The fourth-order valence-corrected chi connectivity index (χ4v) is 4.31. The van der Waals surface area contributed by atoms with E-state index in [1.54, 1.807) is 0 Å². The third-order valence-electron chi connectivity index (χ3n) is 3.31. The van der Waals surface area contributed by atoms with Crippen LogP contribution in [0.25, 0.3) is 0 Å². The molecule has 1 fully saturated rings. The van der Waals surface area contributed by atoms with E-state index in [1.165, 1.54) is 18.2 Å². The van der Waals surface area contributed by atoms with Crippen LogP contribution in [0.4, 0.5) is 4.39 Å². The second kappa shape index (κ2) is 6.10. The van der Waals surface area contributed by atoms with Crippen LogP contribution < -0.4 is 5.32 Å². The Kier molecular flexibility index (Phi) is 4.65. The fourth-order valence-electron chi connectivity index (χ4n) is 2.22. The third kappa shape index (κ3) is 3.93. The van der Waals surface area contributed by atoms with E-state index >= 15 is 0 Å². The van der Waals surface area contributed by atoms with E-state index in [0.717, 1.165) is 0 Å². The summed E-state index contributed by atoms with van der Waals surface area (Å²) in [5.74, 6) is -0.655. The van der Waals surface area contributed by atoms with E-state index in [9.17, 15) is 17.6 Å². The lowest BCUT2D eigenvalue weighted by Crippen LogP contribution is -2.31. The highest BCUT2D eigenvalue weighted by atomic mass is 35.5. The molecule has 1 saturated heterocycles. The summed E-state index contributed by atoms with van der Waals surface area (Å²) in [7, 11) is -2.95. The zero-order chi connectivity index (χ0) is 14.8. The standard InChI is InChI=1S/C13H15ClFNO3S/c14-11-2-1-3-12(15)10(11)6-13(17)16-7-9-4-5-20(18,19)8-9/h1-3,9H,4-8H2,(H,16,17)/t9-/m1/s1. The van der Waals surface area contributed by atoms with Gasteiger partial charge < -0.3 is 5.32 Å². The normalized spacial score (nSPS) is 20.8. The minimum absolute atomic E-state index is 0.0555. The van der Waals surface area contributed by atoms with Crippen LogP contribution in [0.15, 0.2) is 18.2 Å². The molecule has 0 radical (unpaired) electrons. The van der Waals surface area contributed by atoms with Crippen LogP contribution in [0.2, 0.25) is 5.02 Å². The molecule has 0 aliphatic carbocycles. The molecule has 1 N–H and O–H groups in total. The van der Waals surface area contributed by atoms with Crippen molar-refractivity contribution in [3.8, 4) is 0 Å². The van der Waals surface area contributed by atoms with Gasteiger partial charge in [-0.2, -0.15) is 0 Å². The van der Waals surface area contributed by atoms with E-state index in [1.807, 2.05) is 0 Å². The number of amides is 1. The molecule has 1 amide bonds. The molecule has 2 rings (SSSR count). The molecular formula is C13H15ClFNO3S. The van der Waals surface area contributed by atoms with Gasteiger partial charge in [-0.1, -0.05) is 17.7 Å². The van der Waals surface area contributed by atoms with Crippen molar-refractivity contribution in [1.29, 1.82) is 0 Å². The molecule has 0 saturated carbocycles. The molecule has 1 aliphatic rings. The van der Waals surface area contributed by atoms with Crippen LogP contribution in [-0.4, -0.2) is 32.4 Å². The first-order valence-electron chi connectivity index (χ1n) is 6.27. The maximum atomic E-state index is 13.5. The van der Waals surface area contributed by atoms with Crippen molar-refractivity contribution in [1.82, 2.24) is 5.32 Å². The van der Waals surface area contributed by atoms with E-state index in [-0.39, 0.29) is 40.3 Å². The predicted octanol–water partition coefficient (Wildman–Crippen LogP) is 1.57. The van der Waals surface area contributed by atoms with Gasteiger partial charge in [-0.15, -0.1) is 0 Å². The van der Waals surface area contributed by atoms with Gasteiger partial charge in [-0.05, 0) is 24.5 Å². The molecule has 1 aliphatic heterocycles. The monoisotopic (exact) mass is 319 g/mol. The molecule has 1 aromatic carbocycles. The summed E-state index contributed by atoms with van der Waals surface area (Å²) in [6.07, 6.45) is 0.411. The topological polar surface area (TPSA) is 63.2 Å². The first-order valence-corrected chi connectivity index (χ1v) is 8.47. The lowest BCUT2D eigenvalue weighted by atomic mass is 10.1. The summed E-state index contributed by atoms with van der Waals surface area (Å²) in [6.45, 7) is 0.296. The number of benzene rings is 1. The molecule has 0 bridgehead atoms. The lowest BCUT2D eigenvalue weighted by molar-refractivity contribution is -0.120. The number of hydrogen-bond donors (Lipinski definition) is 1. The van der Waals surface area contributed by atoms with Gasteiger partial charge in [0.25, 0.3) is 0 Å². The Morgan fingerprint density at radius 2 is 2.20 bits per heavy atom. The summed E-state index contributed by atoms with van der Waals surface area (Å²) in [4.78, 5) is 11.7. The number of halogens is 2. The zero-order valence-electron chi connectivity index (χ0n) is 10.7. The Labute approximate surface area is 122 Å². The maximum absolute atomic E-state index is 13.5. The lowest BCUT2D eigenvalue weighted by Gasteiger charge is -2.10. The number of carbonyl (C=O) groups excluding carboxylic acids is 1. The summed E-state index contributed by atoms with van der Waals surface area (Å²) >= 11 is 5.84. The first kappa shape index (κ1) is 15.3. The summed E-state index contributed by atoms with van der Waals surface area (Å²) in [6, 6.07) is 4.25. The summed E-state index contributed by atoms with van der Waals surface area (Å²) in [5, 5.41) is 2.85. The van der Waals surface area contributed by atoms with Gasteiger partial charge in [0.15, 0.2) is 9.84 Å². The molecule has 1 atom stereocenters. The van der Waals surface area contributed by atoms with Crippen LogP contribution in [-0.2, 0) is 21.1 Å². The Hall–Kier alpha value is -1.14. The van der Waals surface area contributed by atoms with Crippen LogP contribution in [0.5, 0.6) is 0 Å². The average Bonchev–Trinajstić information content (AvgIpc) is 2.71. The first-order chi connectivity index (χ1) is 9.37. The molecule has 0 spiro atoms.